The first-order valence-electron chi connectivity index (χ1n) is 10.0. The molecule has 0 bridgehead atoms. The van der Waals surface area contributed by atoms with Gasteiger partial charge in [-0.05, 0) is 55.5 Å². The molecule has 1 aromatic heterocycles. The number of amides is 1. The van der Waals surface area contributed by atoms with Crippen LogP contribution in [0.2, 0.25) is 0 Å². The number of aryl methyl sites for hydroxylation is 1. The van der Waals surface area contributed by atoms with E-state index in [-0.39, 0.29) is 0 Å². The molecule has 3 aromatic rings. The van der Waals surface area contributed by atoms with E-state index in [0.29, 0.717) is 24.6 Å². The van der Waals surface area contributed by atoms with Crippen molar-refractivity contribution in [3.8, 4) is 11.1 Å². The standard InChI is InChI=1S/C24H29N3O2/c1-15(2)13-21-23(27(4)24(28)29)22(18-8-5-16(3)6-9-18)19-14-17(11-12-25)7-10-20(19)26-21/h5-10,14-15H,11-13,25H2,1-4H3,(H,28,29). The van der Waals surface area contributed by atoms with Crippen molar-refractivity contribution in [1.82, 2.24) is 4.98 Å². The lowest BCUT2D eigenvalue weighted by Gasteiger charge is -2.24. The van der Waals surface area contributed by atoms with Gasteiger partial charge in [0.05, 0.1) is 16.9 Å². The molecule has 0 atom stereocenters. The van der Waals surface area contributed by atoms with Crippen LogP contribution in [0.1, 0.15) is 30.7 Å². The van der Waals surface area contributed by atoms with Crippen molar-refractivity contribution in [3.63, 3.8) is 0 Å². The lowest BCUT2D eigenvalue weighted by Crippen LogP contribution is -2.26. The fourth-order valence-electron chi connectivity index (χ4n) is 3.67. The summed E-state index contributed by atoms with van der Waals surface area (Å²) in [6.45, 7) is 6.84. The van der Waals surface area contributed by atoms with Gasteiger partial charge in [-0.15, -0.1) is 0 Å². The molecule has 152 valence electrons. The second-order valence-electron chi connectivity index (χ2n) is 7.98. The number of carboxylic acid groups (broad SMARTS) is 1. The van der Waals surface area contributed by atoms with Gasteiger partial charge in [0.2, 0.25) is 0 Å². The molecule has 5 heteroatoms. The monoisotopic (exact) mass is 391 g/mol. The Kier molecular flexibility index (Phi) is 6.18. The number of hydrogen-bond donors (Lipinski definition) is 2. The van der Waals surface area contributed by atoms with E-state index in [0.717, 1.165) is 45.3 Å². The number of hydrogen-bond acceptors (Lipinski definition) is 3. The Morgan fingerprint density at radius 3 is 2.45 bits per heavy atom. The van der Waals surface area contributed by atoms with Crippen LogP contribution in [-0.2, 0) is 12.8 Å². The summed E-state index contributed by atoms with van der Waals surface area (Å²) < 4.78 is 0. The third kappa shape index (κ3) is 4.40. The topological polar surface area (TPSA) is 79.5 Å². The summed E-state index contributed by atoms with van der Waals surface area (Å²) in [6, 6.07) is 14.4. The number of aromatic nitrogens is 1. The second-order valence-corrected chi connectivity index (χ2v) is 7.98. The molecule has 1 amide bonds. The van der Waals surface area contributed by atoms with E-state index in [4.69, 9.17) is 10.7 Å². The number of nitrogens with zero attached hydrogens (tertiary/aromatic N) is 2. The van der Waals surface area contributed by atoms with Crippen molar-refractivity contribution in [2.24, 2.45) is 11.7 Å². The van der Waals surface area contributed by atoms with E-state index in [1.54, 1.807) is 7.05 Å². The maximum atomic E-state index is 12.0. The number of anilines is 1. The van der Waals surface area contributed by atoms with E-state index >= 15 is 0 Å². The van der Waals surface area contributed by atoms with Crippen molar-refractivity contribution in [1.29, 1.82) is 0 Å². The minimum absolute atomic E-state index is 0.350. The van der Waals surface area contributed by atoms with E-state index in [9.17, 15) is 9.90 Å². The highest BCUT2D eigenvalue weighted by Crippen LogP contribution is 2.40. The van der Waals surface area contributed by atoms with E-state index in [1.807, 2.05) is 13.0 Å². The normalized spacial score (nSPS) is 11.2. The van der Waals surface area contributed by atoms with Crippen molar-refractivity contribution < 1.29 is 9.90 Å². The van der Waals surface area contributed by atoms with Gasteiger partial charge >= 0.3 is 6.09 Å². The molecule has 0 saturated carbocycles. The zero-order chi connectivity index (χ0) is 21.1. The first-order valence-corrected chi connectivity index (χ1v) is 10.0. The molecule has 0 saturated heterocycles. The minimum atomic E-state index is -0.998. The van der Waals surface area contributed by atoms with Crippen molar-refractivity contribution in [2.75, 3.05) is 18.5 Å². The van der Waals surface area contributed by atoms with Crippen LogP contribution in [0.3, 0.4) is 0 Å². The Labute approximate surface area is 172 Å². The van der Waals surface area contributed by atoms with Crippen LogP contribution in [0.15, 0.2) is 42.5 Å². The Morgan fingerprint density at radius 2 is 1.86 bits per heavy atom. The molecule has 3 N–H and O–H groups in total. The average Bonchev–Trinajstić information content (AvgIpc) is 2.67. The largest absolute Gasteiger partial charge is 0.465 e. The Bertz CT molecular complexity index is 1030. The highest BCUT2D eigenvalue weighted by atomic mass is 16.4. The van der Waals surface area contributed by atoms with E-state index in [2.05, 4.69) is 50.2 Å². The van der Waals surface area contributed by atoms with Crippen molar-refractivity contribution >= 4 is 22.7 Å². The molecule has 2 aromatic carbocycles. The molecular weight excluding hydrogens is 362 g/mol. The van der Waals surface area contributed by atoms with Crippen LogP contribution < -0.4 is 10.6 Å². The quantitative estimate of drug-likeness (QED) is 0.618. The van der Waals surface area contributed by atoms with Gasteiger partial charge in [-0.25, -0.2) is 4.79 Å². The van der Waals surface area contributed by atoms with Crippen LogP contribution in [0.4, 0.5) is 10.5 Å². The molecule has 0 radical (unpaired) electrons. The summed E-state index contributed by atoms with van der Waals surface area (Å²) in [6.07, 6.45) is 0.468. The van der Waals surface area contributed by atoms with Gasteiger partial charge in [0.25, 0.3) is 0 Å². The Balaban J connectivity index is 2.42. The molecule has 1 heterocycles. The third-order valence-electron chi connectivity index (χ3n) is 5.09. The molecule has 0 fully saturated rings. The number of pyridine rings is 1. The van der Waals surface area contributed by atoms with Crippen LogP contribution in [-0.4, -0.2) is 29.8 Å². The van der Waals surface area contributed by atoms with Crippen LogP contribution in [0.25, 0.3) is 22.0 Å². The van der Waals surface area contributed by atoms with Gasteiger partial charge in [0.1, 0.15) is 0 Å². The molecule has 0 unspecified atom stereocenters. The lowest BCUT2D eigenvalue weighted by atomic mass is 9.93. The zero-order valence-electron chi connectivity index (χ0n) is 17.6. The third-order valence-corrected chi connectivity index (χ3v) is 5.09. The predicted octanol–water partition coefficient (Wildman–Crippen LogP) is 5.02. The number of nitrogens with two attached hydrogens (primary N) is 1. The van der Waals surface area contributed by atoms with Crippen molar-refractivity contribution in [3.05, 3.63) is 59.3 Å². The molecule has 0 aliphatic carbocycles. The maximum Gasteiger partial charge on any atom is 0.411 e. The molecule has 0 aliphatic rings. The number of benzene rings is 2. The van der Waals surface area contributed by atoms with Crippen LogP contribution >= 0.6 is 0 Å². The van der Waals surface area contributed by atoms with Gasteiger partial charge in [-0.1, -0.05) is 49.7 Å². The van der Waals surface area contributed by atoms with Gasteiger partial charge in [0, 0.05) is 18.0 Å². The first-order chi connectivity index (χ1) is 13.8. The van der Waals surface area contributed by atoms with E-state index in [1.165, 1.54) is 4.90 Å². The molecule has 0 spiro atoms. The summed E-state index contributed by atoms with van der Waals surface area (Å²) in [7, 11) is 1.59. The summed E-state index contributed by atoms with van der Waals surface area (Å²) in [5.41, 5.74) is 12.3. The molecule has 3 rings (SSSR count). The minimum Gasteiger partial charge on any atom is -0.465 e. The summed E-state index contributed by atoms with van der Waals surface area (Å²) in [4.78, 5) is 18.2. The van der Waals surface area contributed by atoms with Gasteiger partial charge < -0.3 is 10.8 Å². The first kappa shape index (κ1) is 20.8. The lowest BCUT2D eigenvalue weighted by molar-refractivity contribution is 0.203. The summed E-state index contributed by atoms with van der Waals surface area (Å²) in [5.74, 6) is 0.350. The fourth-order valence-corrected chi connectivity index (χ4v) is 3.67. The summed E-state index contributed by atoms with van der Waals surface area (Å²) in [5, 5.41) is 10.8. The molecule has 0 aliphatic heterocycles. The highest BCUT2D eigenvalue weighted by molar-refractivity contribution is 6.05. The van der Waals surface area contributed by atoms with Gasteiger partial charge in [0.15, 0.2) is 0 Å². The zero-order valence-corrected chi connectivity index (χ0v) is 17.6. The number of rotatable bonds is 6. The second kappa shape index (κ2) is 8.62. The van der Waals surface area contributed by atoms with Crippen LogP contribution in [0.5, 0.6) is 0 Å². The van der Waals surface area contributed by atoms with E-state index < -0.39 is 6.09 Å². The fraction of sp³-hybridized carbons (Fsp3) is 0.333. The summed E-state index contributed by atoms with van der Waals surface area (Å²) >= 11 is 0. The molecule has 29 heavy (non-hydrogen) atoms. The SMILES string of the molecule is Cc1ccc(-c2c(N(C)C(=O)O)c(CC(C)C)nc3ccc(CCN)cc23)cc1. The van der Waals surface area contributed by atoms with Gasteiger partial charge in [-0.3, -0.25) is 9.88 Å². The van der Waals surface area contributed by atoms with Crippen molar-refractivity contribution in [2.45, 2.75) is 33.6 Å². The van der Waals surface area contributed by atoms with Crippen LogP contribution in [0, 0.1) is 12.8 Å². The smallest absolute Gasteiger partial charge is 0.411 e. The maximum absolute atomic E-state index is 12.0. The average molecular weight is 392 g/mol. The Morgan fingerprint density at radius 1 is 1.17 bits per heavy atom. The molecule has 5 nitrogen and oxygen atoms in total. The number of carbonyl (C=O) groups is 1. The number of fused-ring (bicyclic) bond motifs is 1. The predicted molar refractivity (Wildman–Crippen MR) is 120 cm³/mol. The highest BCUT2D eigenvalue weighted by Gasteiger charge is 2.23. The Hall–Kier alpha value is -2.92. The van der Waals surface area contributed by atoms with Gasteiger partial charge in [-0.2, -0.15) is 0 Å². The molecular formula is C24H29N3O2.